The zero-order valence-electron chi connectivity index (χ0n) is 9.15. The SMILES string of the molecule is CC1COCCN1c1ccc(C=O)cc1Br. The summed E-state index contributed by atoms with van der Waals surface area (Å²) in [5, 5.41) is 0. The molecule has 1 fully saturated rings. The molecule has 0 aromatic heterocycles. The van der Waals surface area contributed by atoms with Gasteiger partial charge in [0.2, 0.25) is 0 Å². The Labute approximate surface area is 104 Å². The third kappa shape index (κ3) is 2.28. The molecule has 0 radical (unpaired) electrons. The minimum Gasteiger partial charge on any atom is -0.377 e. The van der Waals surface area contributed by atoms with Crippen molar-refractivity contribution in [2.45, 2.75) is 13.0 Å². The average Bonchev–Trinajstić information content (AvgIpc) is 2.30. The lowest BCUT2D eigenvalue weighted by Crippen LogP contribution is -2.43. The van der Waals surface area contributed by atoms with Gasteiger partial charge in [0.1, 0.15) is 6.29 Å². The lowest BCUT2D eigenvalue weighted by Gasteiger charge is -2.35. The van der Waals surface area contributed by atoms with Gasteiger partial charge in [0.05, 0.1) is 18.9 Å². The van der Waals surface area contributed by atoms with Gasteiger partial charge in [-0.25, -0.2) is 0 Å². The van der Waals surface area contributed by atoms with Crippen molar-refractivity contribution in [1.82, 2.24) is 0 Å². The normalized spacial score (nSPS) is 20.9. The minimum atomic E-state index is 0.368. The number of ether oxygens (including phenoxy) is 1. The molecule has 1 heterocycles. The van der Waals surface area contributed by atoms with E-state index in [1.807, 2.05) is 18.2 Å². The number of rotatable bonds is 2. The quantitative estimate of drug-likeness (QED) is 0.781. The van der Waals surface area contributed by atoms with Crippen LogP contribution in [0, 0.1) is 0 Å². The average molecular weight is 284 g/mol. The first-order valence-electron chi connectivity index (χ1n) is 5.31. The fourth-order valence-corrected chi connectivity index (χ4v) is 2.54. The molecule has 1 atom stereocenters. The predicted molar refractivity (Wildman–Crippen MR) is 67.2 cm³/mol. The monoisotopic (exact) mass is 283 g/mol. The molecule has 86 valence electrons. The Morgan fingerprint density at radius 2 is 2.38 bits per heavy atom. The maximum absolute atomic E-state index is 10.7. The third-order valence-corrected chi connectivity index (χ3v) is 3.42. The molecule has 1 aromatic carbocycles. The number of benzene rings is 1. The number of carbonyl (C=O) groups excluding carboxylic acids is 1. The van der Waals surface area contributed by atoms with Crippen LogP contribution in [0.2, 0.25) is 0 Å². The van der Waals surface area contributed by atoms with Crippen LogP contribution in [0.5, 0.6) is 0 Å². The smallest absolute Gasteiger partial charge is 0.150 e. The second-order valence-corrected chi connectivity index (χ2v) is 4.80. The van der Waals surface area contributed by atoms with Crippen LogP contribution < -0.4 is 4.90 Å². The van der Waals surface area contributed by atoms with Crippen LogP contribution in [0.3, 0.4) is 0 Å². The van der Waals surface area contributed by atoms with Gasteiger partial charge in [-0.05, 0) is 41.1 Å². The first kappa shape index (κ1) is 11.6. The first-order chi connectivity index (χ1) is 7.72. The number of nitrogens with zero attached hydrogens (tertiary/aromatic N) is 1. The lowest BCUT2D eigenvalue weighted by atomic mass is 10.1. The summed E-state index contributed by atoms with van der Waals surface area (Å²) < 4.78 is 6.37. The number of carbonyl (C=O) groups is 1. The van der Waals surface area contributed by atoms with E-state index in [-0.39, 0.29) is 0 Å². The van der Waals surface area contributed by atoms with Crippen molar-refractivity contribution in [3.63, 3.8) is 0 Å². The number of aldehydes is 1. The largest absolute Gasteiger partial charge is 0.377 e. The molecule has 0 spiro atoms. The van der Waals surface area contributed by atoms with Gasteiger partial charge in [0.25, 0.3) is 0 Å². The summed E-state index contributed by atoms with van der Waals surface area (Å²) in [6.07, 6.45) is 0.858. The molecule has 1 saturated heterocycles. The Morgan fingerprint density at radius 3 is 3.00 bits per heavy atom. The number of morpholine rings is 1. The van der Waals surface area contributed by atoms with Crippen LogP contribution in [0.1, 0.15) is 17.3 Å². The Hall–Kier alpha value is -0.870. The summed E-state index contributed by atoms with van der Waals surface area (Å²) in [6, 6.07) is 6.04. The second kappa shape index (κ2) is 4.97. The summed E-state index contributed by atoms with van der Waals surface area (Å²) in [7, 11) is 0. The van der Waals surface area contributed by atoms with Gasteiger partial charge in [0, 0.05) is 22.6 Å². The van der Waals surface area contributed by atoms with E-state index in [1.165, 1.54) is 0 Å². The lowest BCUT2D eigenvalue weighted by molar-refractivity contribution is 0.0988. The topological polar surface area (TPSA) is 29.5 Å². The van der Waals surface area contributed by atoms with Gasteiger partial charge in [0.15, 0.2) is 0 Å². The van der Waals surface area contributed by atoms with E-state index in [2.05, 4.69) is 27.8 Å². The molecule has 0 N–H and O–H groups in total. The van der Waals surface area contributed by atoms with Crippen molar-refractivity contribution < 1.29 is 9.53 Å². The highest BCUT2D eigenvalue weighted by Crippen LogP contribution is 2.29. The Morgan fingerprint density at radius 1 is 1.56 bits per heavy atom. The van der Waals surface area contributed by atoms with Gasteiger partial charge in [-0.2, -0.15) is 0 Å². The van der Waals surface area contributed by atoms with Crippen molar-refractivity contribution in [3.05, 3.63) is 28.2 Å². The molecule has 4 heteroatoms. The van der Waals surface area contributed by atoms with Crippen LogP contribution in [-0.4, -0.2) is 32.1 Å². The summed E-state index contributed by atoms with van der Waals surface area (Å²) in [6.45, 7) is 4.54. The van der Waals surface area contributed by atoms with Crippen LogP contribution in [-0.2, 0) is 4.74 Å². The highest BCUT2D eigenvalue weighted by atomic mass is 79.9. The van der Waals surface area contributed by atoms with Crippen molar-refractivity contribution in [2.24, 2.45) is 0 Å². The van der Waals surface area contributed by atoms with Gasteiger partial charge >= 0.3 is 0 Å². The first-order valence-corrected chi connectivity index (χ1v) is 6.11. The van der Waals surface area contributed by atoms with Gasteiger partial charge in [-0.1, -0.05) is 0 Å². The molecular weight excluding hydrogens is 270 g/mol. The van der Waals surface area contributed by atoms with Crippen LogP contribution in [0.25, 0.3) is 0 Å². The van der Waals surface area contributed by atoms with Crippen molar-refractivity contribution in [1.29, 1.82) is 0 Å². The van der Waals surface area contributed by atoms with E-state index in [0.29, 0.717) is 11.6 Å². The van der Waals surface area contributed by atoms with Crippen molar-refractivity contribution in [3.8, 4) is 0 Å². The molecule has 0 saturated carbocycles. The molecule has 1 aliphatic rings. The number of hydrogen-bond acceptors (Lipinski definition) is 3. The number of hydrogen-bond donors (Lipinski definition) is 0. The maximum atomic E-state index is 10.7. The van der Waals surface area contributed by atoms with Crippen LogP contribution in [0.4, 0.5) is 5.69 Å². The van der Waals surface area contributed by atoms with E-state index < -0.39 is 0 Å². The number of halogens is 1. The molecule has 1 aliphatic heterocycles. The van der Waals surface area contributed by atoms with Gasteiger partial charge in [-0.3, -0.25) is 4.79 Å². The van der Waals surface area contributed by atoms with E-state index in [1.54, 1.807) is 0 Å². The molecule has 0 bridgehead atoms. The zero-order valence-corrected chi connectivity index (χ0v) is 10.7. The summed E-state index contributed by atoms with van der Waals surface area (Å²) in [4.78, 5) is 12.9. The van der Waals surface area contributed by atoms with E-state index in [4.69, 9.17) is 4.74 Å². The van der Waals surface area contributed by atoms with E-state index >= 15 is 0 Å². The Balaban J connectivity index is 2.28. The molecule has 3 nitrogen and oxygen atoms in total. The van der Waals surface area contributed by atoms with E-state index in [9.17, 15) is 4.79 Å². The van der Waals surface area contributed by atoms with Crippen molar-refractivity contribution >= 4 is 27.9 Å². The summed E-state index contributed by atoms with van der Waals surface area (Å²) in [5.74, 6) is 0. The zero-order chi connectivity index (χ0) is 11.5. The Kier molecular flexibility index (Phi) is 3.61. The summed E-state index contributed by atoms with van der Waals surface area (Å²) >= 11 is 3.51. The summed E-state index contributed by atoms with van der Waals surface area (Å²) in [5.41, 5.74) is 1.82. The molecule has 0 amide bonds. The van der Waals surface area contributed by atoms with Gasteiger partial charge < -0.3 is 9.64 Å². The molecule has 16 heavy (non-hydrogen) atoms. The molecule has 1 aromatic rings. The molecule has 2 rings (SSSR count). The van der Waals surface area contributed by atoms with E-state index in [0.717, 1.165) is 36.2 Å². The highest BCUT2D eigenvalue weighted by Gasteiger charge is 2.20. The minimum absolute atomic E-state index is 0.368. The fraction of sp³-hybridized carbons (Fsp3) is 0.417. The predicted octanol–water partition coefficient (Wildman–Crippen LogP) is 2.49. The molecule has 1 unspecified atom stereocenters. The third-order valence-electron chi connectivity index (χ3n) is 2.78. The van der Waals surface area contributed by atoms with Gasteiger partial charge in [-0.15, -0.1) is 0 Å². The maximum Gasteiger partial charge on any atom is 0.150 e. The van der Waals surface area contributed by atoms with Crippen LogP contribution in [0.15, 0.2) is 22.7 Å². The van der Waals surface area contributed by atoms with Crippen LogP contribution >= 0.6 is 15.9 Å². The highest BCUT2D eigenvalue weighted by molar-refractivity contribution is 9.10. The van der Waals surface area contributed by atoms with Crippen molar-refractivity contribution in [2.75, 3.05) is 24.7 Å². The standard InChI is InChI=1S/C12H14BrNO2/c1-9-8-16-5-4-14(9)12-3-2-10(7-15)6-11(12)13/h2-3,6-7,9H,4-5,8H2,1H3. The number of anilines is 1. The fourth-order valence-electron chi connectivity index (χ4n) is 1.91. The molecule has 0 aliphatic carbocycles. The molecular formula is C12H14BrNO2. The Bertz CT molecular complexity index is 395. The second-order valence-electron chi connectivity index (χ2n) is 3.95.